The molecular weight excluding hydrogens is 423 g/mol. The van der Waals surface area contributed by atoms with Gasteiger partial charge in [0.25, 0.3) is 0 Å². The normalized spacial score (nSPS) is 16.9. The summed E-state index contributed by atoms with van der Waals surface area (Å²) >= 11 is 1.53. The molecule has 1 aliphatic heterocycles. The Morgan fingerprint density at radius 3 is 2.44 bits per heavy atom. The van der Waals surface area contributed by atoms with Crippen molar-refractivity contribution in [2.45, 2.75) is 32.1 Å². The van der Waals surface area contributed by atoms with Crippen molar-refractivity contribution in [2.24, 2.45) is 5.92 Å². The molecule has 5 nitrogen and oxygen atoms in total. The molecule has 32 heavy (non-hydrogen) atoms. The molecule has 1 aliphatic rings. The van der Waals surface area contributed by atoms with Gasteiger partial charge in [0.05, 0.1) is 17.0 Å². The average molecular weight is 455 g/mol. The van der Waals surface area contributed by atoms with E-state index in [1.807, 2.05) is 11.4 Å². The van der Waals surface area contributed by atoms with E-state index >= 15 is 0 Å². The van der Waals surface area contributed by atoms with Crippen LogP contribution in [0.4, 0.5) is 4.39 Å². The quantitative estimate of drug-likeness (QED) is 0.523. The predicted octanol–water partition coefficient (Wildman–Crippen LogP) is 4.65. The van der Waals surface area contributed by atoms with E-state index in [2.05, 4.69) is 35.8 Å². The number of ether oxygens (including phenoxy) is 1. The molecule has 1 aromatic heterocycles. The average Bonchev–Trinajstić information content (AvgIpc) is 3.27. The van der Waals surface area contributed by atoms with E-state index in [0.717, 1.165) is 57.0 Å². The molecule has 1 fully saturated rings. The van der Waals surface area contributed by atoms with E-state index in [-0.39, 0.29) is 11.7 Å². The van der Waals surface area contributed by atoms with E-state index in [0.29, 0.717) is 17.9 Å². The second kappa shape index (κ2) is 11.4. The van der Waals surface area contributed by atoms with Crippen LogP contribution in [0, 0.1) is 34.4 Å². The minimum atomic E-state index is -0.532. The van der Waals surface area contributed by atoms with Crippen molar-refractivity contribution < 1.29 is 9.13 Å². The summed E-state index contributed by atoms with van der Waals surface area (Å²) in [5, 5.41) is 21.1. The molecule has 2 heterocycles. The van der Waals surface area contributed by atoms with Gasteiger partial charge in [0.2, 0.25) is 0 Å². The van der Waals surface area contributed by atoms with E-state index < -0.39 is 5.41 Å². The highest BCUT2D eigenvalue weighted by molar-refractivity contribution is 7.10. The maximum absolute atomic E-state index is 13.2. The SMILES string of the molecule is CC(C)C(C#N)(CCCN1CCN(CCOc2cccc(F)c2)CC1)c1cc(C#N)cs1. The van der Waals surface area contributed by atoms with Crippen LogP contribution in [0.1, 0.15) is 37.1 Å². The molecule has 1 aromatic carbocycles. The number of nitrogens with zero attached hydrogens (tertiary/aromatic N) is 4. The summed E-state index contributed by atoms with van der Waals surface area (Å²) in [6.07, 6.45) is 1.75. The molecule has 0 aliphatic carbocycles. The molecule has 1 saturated heterocycles. The van der Waals surface area contributed by atoms with Crippen molar-refractivity contribution >= 4 is 11.3 Å². The van der Waals surface area contributed by atoms with Crippen LogP contribution in [-0.4, -0.2) is 55.7 Å². The fourth-order valence-corrected chi connectivity index (χ4v) is 5.40. The van der Waals surface area contributed by atoms with Gasteiger partial charge in [-0.05, 0) is 43.5 Å². The Hall–Kier alpha value is -2.45. The Kier molecular flexibility index (Phi) is 8.64. The molecule has 0 N–H and O–H groups in total. The molecule has 7 heteroatoms. The molecule has 0 amide bonds. The standard InChI is InChI=1S/C25H31FN4OS/c1-20(2)25(19-28,24-15-21(17-27)18-32-24)7-4-8-29-9-11-30(12-10-29)13-14-31-23-6-3-5-22(26)16-23/h3,5-6,15-16,18,20H,4,7-14H2,1-2H3. The van der Waals surface area contributed by atoms with Crippen LogP contribution >= 0.6 is 11.3 Å². The van der Waals surface area contributed by atoms with Gasteiger partial charge in [-0.3, -0.25) is 4.90 Å². The predicted molar refractivity (Wildman–Crippen MR) is 125 cm³/mol. The highest BCUT2D eigenvalue weighted by atomic mass is 32.1. The number of thiophene rings is 1. The molecule has 1 atom stereocenters. The lowest BCUT2D eigenvalue weighted by Crippen LogP contribution is -2.47. The first-order chi connectivity index (χ1) is 15.5. The molecule has 0 bridgehead atoms. The molecule has 170 valence electrons. The lowest BCUT2D eigenvalue weighted by atomic mass is 9.73. The second-order valence-electron chi connectivity index (χ2n) is 8.64. The Bertz CT molecular complexity index is 955. The van der Waals surface area contributed by atoms with E-state index in [1.54, 1.807) is 12.1 Å². The van der Waals surface area contributed by atoms with Crippen LogP contribution in [0.2, 0.25) is 0 Å². The molecular formula is C25H31FN4OS. The van der Waals surface area contributed by atoms with E-state index in [1.165, 1.54) is 23.5 Å². The van der Waals surface area contributed by atoms with Crippen LogP contribution in [0.3, 0.4) is 0 Å². The van der Waals surface area contributed by atoms with Crippen molar-refractivity contribution in [1.29, 1.82) is 10.5 Å². The summed E-state index contributed by atoms with van der Waals surface area (Å²) in [6.45, 7) is 10.5. The van der Waals surface area contributed by atoms with Crippen molar-refractivity contribution in [3.05, 3.63) is 52.0 Å². The van der Waals surface area contributed by atoms with E-state index in [4.69, 9.17) is 10.00 Å². The van der Waals surface area contributed by atoms with Crippen molar-refractivity contribution in [3.8, 4) is 17.9 Å². The van der Waals surface area contributed by atoms with Crippen molar-refractivity contribution in [2.75, 3.05) is 45.9 Å². The summed E-state index contributed by atoms with van der Waals surface area (Å²) in [4.78, 5) is 5.84. The van der Waals surface area contributed by atoms with Gasteiger partial charge in [-0.25, -0.2) is 4.39 Å². The number of hydrogen-bond acceptors (Lipinski definition) is 6. The fourth-order valence-electron chi connectivity index (χ4n) is 4.23. The lowest BCUT2D eigenvalue weighted by molar-refractivity contribution is 0.114. The zero-order valence-corrected chi connectivity index (χ0v) is 19.7. The molecule has 0 spiro atoms. The van der Waals surface area contributed by atoms with Gasteiger partial charge in [-0.15, -0.1) is 11.3 Å². The van der Waals surface area contributed by atoms with Gasteiger partial charge in [0.1, 0.15) is 24.2 Å². The Labute approximate surface area is 194 Å². The van der Waals surface area contributed by atoms with Crippen LogP contribution in [0.15, 0.2) is 35.7 Å². The molecule has 1 unspecified atom stereocenters. The van der Waals surface area contributed by atoms with Crippen LogP contribution in [0.5, 0.6) is 5.75 Å². The Morgan fingerprint density at radius 2 is 1.84 bits per heavy atom. The molecule has 2 aromatic rings. The summed E-state index contributed by atoms with van der Waals surface area (Å²) in [7, 11) is 0. The Balaban J connectivity index is 1.42. The third kappa shape index (κ3) is 6.07. The number of halogens is 1. The maximum atomic E-state index is 13.2. The van der Waals surface area contributed by atoms with Gasteiger partial charge in [0.15, 0.2) is 0 Å². The number of hydrogen-bond donors (Lipinski definition) is 0. The van der Waals surface area contributed by atoms with Gasteiger partial charge < -0.3 is 9.64 Å². The highest BCUT2D eigenvalue weighted by Crippen LogP contribution is 2.40. The van der Waals surface area contributed by atoms with Gasteiger partial charge >= 0.3 is 0 Å². The summed E-state index contributed by atoms with van der Waals surface area (Å²) < 4.78 is 18.9. The minimum absolute atomic E-state index is 0.188. The number of piperazine rings is 1. The number of benzene rings is 1. The zero-order chi connectivity index (χ0) is 23.0. The first kappa shape index (κ1) is 24.2. The zero-order valence-electron chi connectivity index (χ0n) is 18.9. The third-order valence-electron chi connectivity index (χ3n) is 6.34. The largest absolute Gasteiger partial charge is 0.492 e. The fraction of sp³-hybridized carbons (Fsp3) is 0.520. The summed E-state index contributed by atoms with van der Waals surface area (Å²) in [5.74, 6) is 0.480. The lowest BCUT2D eigenvalue weighted by Gasteiger charge is -2.35. The molecule has 0 saturated carbocycles. The van der Waals surface area contributed by atoms with Crippen molar-refractivity contribution in [3.63, 3.8) is 0 Å². The molecule has 0 radical (unpaired) electrons. The topological polar surface area (TPSA) is 63.3 Å². The smallest absolute Gasteiger partial charge is 0.126 e. The minimum Gasteiger partial charge on any atom is -0.492 e. The second-order valence-corrected chi connectivity index (χ2v) is 9.55. The highest BCUT2D eigenvalue weighted by Gasteiger charge is 2.37. The van der Waals surface area contributed by atoms with Crippen LogP contribution < -0.4 is 4.74 Å². The van der Waals surface area contributed by atoms with Gasteiger partial charge in [-0.1, -0.05) is 19.9 Å². The first-order valence-corrected chi connectivity index (χ1v) is 12.1. The first-order valence-electron chi connectivity index (χ1n) is 11.2. The van der Waals surface area contributed by atoms with E-state index in [9.17, 15) is 9.65 Å². The maximum Gasteiger partial charge on any atom is 0.126 e. The van der Waals surface area contributed by atoms with Gasteiger partial charge in [0, 0.05) is 49.0 Å². The monoisotopic (exact) mass is 454 g/mol. The summed E-state index contributed by atoms with van der Waals surface area (Å²) in [5.41, 5.74) is 0.110. The summed E-state index contributed by atoms with van der Waals surface area (Å²) in [6, 6.07) is 12.9. The third-order valence-corrected chi connectivity index (χ3v) is 7.44. The Morgan fingerprint density at radius 1 is 1.12 bits per heavy atom. The van der Waals surface area contributed by atoms with Crippen LogP contribution in [-0.2, 0) is 5.41 Å². The number of nitriles is 2. The molecule has 3 rings (SSSR count). The van der Waals surface area contributed by atoms with Crippen LogP contribution in [0.25, 0.3) is 0 Å². The van der Waals surface area contributed by atoms with Crippen molar-refractivity contribution in [1.82, 2.24) is 9.80 Å². The van der Waals surface area contributed by atoms with Gasteiger partial charge in [-0.2, -0.15) is 10.5 Å². The number of rotatable bonds is 10.